The van der Waals surface area contributed by atoms with Crippen LogP contribution >= 0.6 is 11.3 Å². The minimum absolute atomic E-state index is 0.674. The van der Waals surface area contributed by atoms with E-state index in [1.807, 2.05) is 0 Å². The molecule has 1 atom stereocenters. The lowest BCUT2D eigenvalue weighted by Gasteiger charge is -2.17. The Kier molecular flexibility index (Phi) is 2.01. The molecule has 0 unspecified atom stereocenters. The van der Waals surface area contributed by atoms with Crippen molar-refractivity contribution in [2.24, 2.45) is 0 Å². The molecule has 0 N–H and O–H groups in total. The third kappa shape index (κ3) is 1.20. The number of thiophene rings is 1. The summed E-state index contributed by atoms with van der Waals surface area (Å²) in [7, 11) is 0. The molecule has 1 aromatic heterocycles. The molecule has 0 aliphatic heterocycles. The second-order valence-electron chi connectivity index (χ2n) is 3.45. The zero-order valence-corrected chi connectivity index (χ0v) is 7.99. The number of hydrogen-bond donors (Lipinski definition) is 0. The van der Waals surface area contributed by atoms with Crippen molar-refractivity contribution in [2.45, 2.75) is 32.1 Å². The van der Waals surface area contributed by atoms with Crippen molar-refractivity contribution >= 4 is 17.6 Å². The van der Waals surface area contributed by atoms with E-state index >= 15 is 0 Å². The molecule has 2 rings (SSSR count). The van der Waals surface area contributed by atoms with Gasteiger partial charge in [-0.2, -0.15) is 0 Å². The van der Waals surface area contributed by atoms with Gasteiger partial charge in [0.15, 0.2) is 6.29 Å². The molecule has 1 aliphatic carbocycles. The van der Waals surface area contributed by atoms with E-state index < -0.39 is 0 Å². The molecule has 0 radical (unpaired) electrons. The largest absolute Gasteiger partial charge is 0.297 e. The van der Waals surface area contributed by atoms with E-state index in [0.717, 1.165) is 11.2 Å². The Balaban J connectivity index is 2.43. The Morgan fingerprint density at radius 3 is 3.17 bits per heavy atom. The highest BCUT2D eigenvalue weighted by Gasteiger charge is 2.18. The Hall–Kier alpha value is -0.630. The van der Waals surface area contributed by atoms with Crippen LogP contribution in [-0.2, 0) is 6.42 Å². The van der Waals surface area contributed by atoms with E-state index in [-0.39, 0.29) is 0 Å². The summed E-state index contributed by atoms with van der Waals surface area (Å²) >= 11 is 1.68. The molecule has 0 amide bonds. The van der Waals surface area contributed by atoms with E-state index in [1.165, 1.54) is 29.7 Å². The van der Waals surface area contributed by atoms with Crippen molar-refractivity contribution in [2.75, 3.05) is 0 Å². The maximum absolute atomic E-state index is 10.5. The minimum Gasteiger partial charge on any atom is -0.297 e. The van der Waals surface area contributed by atoms with Crippen LogP contribution in [0, 0.1) is 0 Å². The molecule has 1 nitrogen and oxygen atoms in total. The second-order valence-corrected chi connectivity index (χ2v) is 4.56. The van der Waals surface area contributed by atoms with Gasteiger partial charge >= 0.3 is 0 Å². The molecule has 64 valence electrons. The van der Waals surface area contributed by atoms with Gasteiger partial charge in [-0.05, 0) is 36.8 Å². The second kappa shape index (κ2) is 3.02. The maximum Gasteiger partial charge on any atom is 0.160 e. The summed E-state index contributed by atoms with van der Waals surface area (Å²) in [4.78, 5) is 12.9. The van der Waals surface area contributed by atoms with Crippen LogP contribution < -0.4 is 0 Å². The first-order valence-electron chi connectivity index (χ1n) is 4.39. The Morgan fingerprint density at radius 2 is 2.50 bits per heavy atom. The molecule has 12 heavy (non-hydrogen) atoms. The Labute approximate surface area is 76.4 Å². The van der Waals surface area contributed by atoms with Gasteiger partial charge in [0.2, 0.25) is 0 Å². The summed E-state index contributed by atoms with van der Waals surface area (Å²) in [6.45, 7) is 2.25. The minimum atomic E-state index is 0.674. The molecule has 0 spiro atoms. The first kappa shape index (κ1) is 7.99. The summed E-state index contributed by atoms with van der Waals surface area (Å²) in [6.07, 6.45) is 4.70. The van der Waals surface area contributed by atoms with Crippen LogP contribution in [-0.4, -0.2) is 6.29 Å². The first-order valence-corrected chi connectivity index (χ1v) is 5.20. The predicted molar refractivity (Wildman–Crippen MR) is 51.1 cm³/mol. The third-order valence-electron chi connectivity index (χ3n) is 2.51. The SMILES string of the molecule is C[C@H]1CCCc2cc(C=O)sc21. The molecule has 0 saturated carbocycles. The van der Waals surface area contributed by atoms with Crippen molar-refractivity contribution in [3.8, 4) is 0 Å². The van der Waals surface area contributed by atoms with Gasteiger partial charge in [0.25, 0.3) is 0 Å². The average Bonchev–Trinajstić information content (AvgIpc) is 2.49. The van der Waals surface area contributed by atoms with Gasteiger partial charge < -0.3 is 0 Å². The van der Waals surface area contributed by atoms with Gasteiger partial charge in [0, 0.05) is 4.88 Å². The molecule has 1 aromatic rings. The first-order chi connectivity index (χ1) is 5.81. The summed E-state index contributed by atoms with van der Waals surface area (Å²) in [6, 6.07) is 2.06. The van der Waals surface area contributed by atoms with Crippen molar-refractivity contribution in [1.29, 1.82) is 0 Å². The topological polar surface area (TPSA) is 17.1 Å². The molecule has 2 heteroatoms. The molecule has 0 fully saturated rings. The monoisotopic (exact) mass is 180 g/mol. The quantitative estimate of drug-likeness (QED) is 0.607. The third-order valence-corrected chi connectivity index (χ3v) is 3.84. The summed E-state index contributed by atoms with van der Waals surface area (Å²) < 4.78 is 0. The van der Waals surface area contributed by atoms with Crippen molar-refractivity contribution in [3.05, 3.63) is 21.4 Å². The highest BCUT2D eigenvalue weighted by Crippen LogP contribution is 2.36. The zero-order valence-electron chi connectivity index (χ0n) is 7.17. The van der Waals surface area contributed by atoms with E-state index in [0.29, 0.717) is 5.92 Å². The smallest absolute Gasteiger partial charge is 0.160 e. The standard InChI is InChI=1S/C10H12OS/c1-7-3-2-4-8-5-9(6-11)12-10(7)8/h5-7H,2-4H2,1H3/t7-/m0/s1. The number of hydrogen-bond acceptors (Lipinski definition) is 2. The van der Waals surface area contributed by atoms with E-state index in [2.05, 4.69) is 13.0 Å². The average molecular weight is 180 g/mol. The van der Waals surface area contributed by atoms with Crippen LogP contribution in [0.3, 0.4) is 0 Å². The molecule has 0 saturated heterocycles. The Bertz CT molecular complexity index is 301. The van der Waals surface area contributed by atoms with Gasteiger partial charge in [-0.15, -0.1) is 11.3 Å². The summed E-state index contributed by atoms with van der Waals surface area (Å²) in [5.74, 6) is 0.674. The number of fused-ring (bicyclic) bond motifs is 1. The number of aldehydes is 1. The van der Waals surface area contributed by atoms with E-state index in [9.17, 15) is 4.79 Å². The predicted octanol–water partition coefficient (Wildman–Crippen LogP) is 3.00. The lowest BCUT2D eigenvalue weighted by Crippen LogP contribution is -2.02. The molecule has 1 aliphatic rings. The molecular weight excluding hydrogens is 168 g/mol. The van der Waals surface area contributed by atoms with Gasteiger partial charge in [-0.1, -0.05) is 6.92 Å². The lowest BCUT2D eigenvalue weighted by molar-refractivity contribution is 0.112. The van der Waals surface area contributed by atoms with Crippen LogP contribution in [0.2, 0.25) is 0 Å². The number of aryl methyl sites for hydroxylation is 1. The van der Waals surface area contributed by atoms with Crippen LogP contribution in [0.15, 0.2) is 6.07 Å². The number of carbonyl (C=O) groups excluding carboxylic acids is 1. The van der Waals surface area contributed by atoms with E-state index in [4.69, 9.17) is 0 Å². The van der Waals surface area contributed by atoms with E-state index in [1.54, 1.807) is 11.3 Å². The van der Waals surface area contributed by atoms with Crippen molar-refractivity contribution < 1.29 is 4.79 Å². The zero-order chi connectivity index (χ0) is 8.55. The molecule has 0 bridgehead atoms. The fourth-order valence-electron chi connectivity index (χ4n) is 1.87. The van der Waals surface area contributed by atoms with Gasteiger partial charge in [-0.3, -0.25) is 4.79 Å². The molecular formula is C10H12OS. The summed E-state index contributed by atoms with van der Waals surface area (Å²) in [5, 5.41) is 0. The van der Waals surface area contributed by atoms with Crippen LogP contribution in [0.5, 0.6) is 0 Å². The fourth-order valence-corrected chi connectivity index (χ4v) is 2.98. The van der Waals surface area contributed by atoms with Crippen molar-refractivity contribution in [3.63, 3.8) is 0 Å². The highest BCUT2D eigenvalue weighted by molar-refractivity contribution is 7.13. The van der Waals surface area contributed by atoms with Gasteiger partial charge in [0.1, 0.15) is 0 Å². The molecule has 0 aromatic carbocycles. The van der Waals surface area contributed by atoms with Gasteiger partial charge in [-0.25, -0.2) is 0 Å². The van der Waals surface area contributed by atoms with Crippen LogP contribution in [0.1, 0.15) is 45.8 Å². The Morgan fingerprint density at radius 1 is 1.67 bits per heavy atom. The number of carbonyl (C=O) groups is 1. The van der Waals surface area contributed by atoms with Crippen LogP contribution in [0.25, 0.3) is 0 Å². The maximum atomic E-state index is 10.5. The number of rotatable bonds is 1. The lowest BCUT2D eigenvalue weighted by atomic mass is 9.91. The van der Waals surface area contributed by atoms with Crippen LogP contribution in [0.4, 0.5) is 0 Å². The fraction of sp³-hybridized carbons (Fsp3) is 0.500. The molecule has 1 heterocycles. The van der Waals surface area contributed by atoms with Crippen molar-refractivity contribution in [1.82, 2.24) is 0 Å². The van der Waals surface area contributed by atoms with Gasteiger partial charge in [0.05, 0.1) is 4.88 Å². The highest BCUT2D eigenvalue weighted by atomic mass is 32.1. The summed E-state index contributed by atoms with van der Waals surface area (Å²) in [5.41, 5.74) is 1.42. The normalized spacial score (nSPS) is 21.9.